The van der Waals surface area contributed by atoms with Crippen molar-refractivity contribution in [3.8, 4) is 0 Å². The first kappa shape index (κ1) is 22.7. The van der Waals surface area contributed by atoms with Crippen LogP contribution in [0.5, 0.6) is 0 Å². The van der Waals surface area contributed by atoms with Crippen LogP contribution in [0.2, 0.25) is 0 Å². The number of hydrogen-bond donors (Lipinski definition) is 1. The third-order valence-corrected chi connectivity index (χ3v) is 7.70. The molecule has 2 saturated heterocycles. The summed E-state index contributed by atoms with van der Waals surface area (Å²) in [4.78, 5) is 42.8. The van der Waals surface area contributed by atoms with Gasteiger partial charge in [0.15, 0.2) is 0 Å². The number of nitrogens with zero attached hydrogens (tertiary/aromatic N) is 5. The number of piperazine rings is 1. The van der Waals surface area contributed by atoms with E-state index in [-0.39, 0.29) is 17.7 Å². The molecule has 4 rings (SSSR count). The number of aromatic nitrogens is 2. The maximum Gasteiger partial charge on any atom is 0.234 e. The van der Waals surface area contributed by atoms with Crippen molar-refractivity contribution < 1.29 is 9.59 Å². The highest BCUT2D eigenvalue weighted by molar-refractivity contribution is 7.18. The zero-order chi connectivity index (χ0) is 22.7. The second kappa shape index (κ2) is 9.95. The van der Waals surface area contributed by atoms with E-state index in [1.54, 1.807) is 23.7 Å². The molecule has 2 aliphatic rings. The molecule has 1 N–H and O–H groups in total. The molecule has 2 aromatic rings. The van der Waals surface area contributed by atoms with Crippen molar-refractivity contribution in [2.24, 2.45) is 5.92 Å². The maximum atomic E-state index is 13.1. The molecule has 2 fully saturated rings. The van der Waals surface area contributed by atoms with Gasteiger partial charge >= 0.3 is 0 Å². The Labute approximate surface area is 193 Å². The fourth-order valence-corrected chi connectivity index (χ4v) is 5.56. The smallest absolute Gasteiger partial charge is 0.234 e. The van der Waals surface area contributed by atoms with Crippen LogP contribution in [-0.2, 0) is 9.59 Å². The third kappa shape index (κ3) is 4.78. The molecular formula is C23H32N6O2S. The van der Waals surface area contributed by atoms with Crippen molar-refractivity contribution >= 4 is 39.2 Å². The average molecular weight is 457 g/mol. The van der Waals surface area contributed by atoms with Crippen LogP contribution in [0.25, 0.3) is 10.2 Å². The second-order valence-electron chi connectivity index (χ2n) is 8.62. The molecule has 0 atom stereocenters. The Morgan fingerprint density at radius 3 is 2.56 bits per heavy atom. The summed E-state index contributed by atoms with van der Waals surface area (Å²) in [5, 5.41) is 3.97. The topological polar surface area (TPSA) is 81.7 Å². The first-order valence-corrected chi connectivity index (χ1v) is 12.1. The van der Waals surface area contributed by atoms with E-state index in [0.717, 1.165) is 55.1 Å². The molecule has 0 saturated carbocycles. The Hall–Kier alpha value is -2.52. The summed E-state index contributed by atoms with van der Waals surface area (Å²) in [6.45, 7) is 13.3. The zero-order valence-corrected chi connectivity index (χ0v) is 19.8. The maximum absolute atomic E-state index is 13.1. The number of rotatable bonds is 6. The lowest BCUT2D eigenvalue weighted by atomic mass is 9.94. The monoisotopic (exact) mass is 456 g/mol. The first-order valence-electron chi connectivity index (χ1n) is 11.3. The molecule has 2 aromatic heterocycles. The van der Waals surface area contributed by atoms with Gasteiger partial charge < -0.3 is 15.1 Å². The van der Waals surface area contributed by atoms with Gasteiger partial charge in [0, 0.05) is 56.6 Å². The molecule has 0 aromatic carbocycles. The summed E-state index contributed by atoms with van der Waals surface area (Å²) in [7, 11) is 0. The number of thiophene rings is 1. The number of piperidine rings is 1. The molecule has 32 heavy (non-hydrogen) atoms. The Balaban J connectivity index is 1.29. The molecule has 0 spiro atoms. The molecule has 0 bridgehead atoms. The molecule has 8 nitrogen and oxygen atoms in total. The van der Waals surface area contributed by atoms with Gasteiger partial charge in [-0.1, -0.05) is 6.08 Å². The first-order chi connectivity index (χ1) is 15.5. The summed E-state index contributed by atoms with van der Waals surface area (Å²) in [5.41, 5.74) is 1.26. The van der Waals surface area contributed by atoms with Gasteiger partial charge in [-0.25, -0.2) is 9.97 Å². The van der Waals surface area contributed by atoms with Gasteiger partial charge in [0.05, 0.1) is 11.9 Å². The van der Waals surface area contributed by atoms with Crippen LogP contribution in [0.1, 0.15) is 23.3 Å². The van der Waals surface area contributed by atoms with Crippen molar-refractivity contribution in [1.82, 2.24) is 25.1 Å². The molecular weight excluding hydrogens is 424 g/mol. The van der Waals surface area contributed by atoms with Gasteiger partial charge in [-0.2, -0.15) is 0 Å². The minimum Gasteiger partial charge on any atom is -0.356 e. The summed E-state index contributed by atoms with van der Waals surface area (Å²) < 4.78 is 0. The van der Waals surface area contributed by atoms with E-state index >= 15 is 0 Å². The average Bonchev–Trinajstić information content (AvgIpc) is 3.11. The fourth-order valence-electron chi connectivity index (χ4n) is 4.57. The van der Waals surface area contributed by atoms with Gasteiger partial charge in [-0.15, -0.1) is 17.9 Å². The number of hydrogen-bond acceptors (Lipinski definition) is 7. The van der Waals surface area contributed by atoms with Gasteiger partial charge in [0.2, 0.25) is 11.8 Å². The van der Waals surface area contributed by atoms with Gasteiger partial charge in [0.1, 0.15) is 17.0 Å². The molecule has 2 aliphatic heterocycles. The highest BCUT2D eigenvalue weighted by Gasteiger charge is 2.31. The Bertz CT molecular complexity index is 990. The molecule has 0 radical (unpaired) electrons. The van der Waals surface area contributed by atoms with Crippen LogP contribution < -0.4 is 10.2 Å². The van der Waals surface area contributed by atoms with E-state index in [1.165, 1.54) is 10.4 Å². The third-order valence-electron chi connectivity index (χ3n) is 6.58. The van der Waals surface area contributed by atoms with Crippen molar-refractivity contribution in [3.63, 3.8) is 0 Å². The highest BCUT2D eigenvalue weighted by atomic mass is 32.1. The predicted molar refractivity (Wildman–Crippen MR) is 128 cm³/mol. The van der Waals surface area contributed by atoms with Crippen LogP contribution in [0.4, 0.5) is 5.82 Å². The number of aryl methyl sites for hydroxylation is 2. The number of anilines is 1. The Kier molecular flexibility index (Phi) is 7.05. The highest BCUT2D eigenvalue weighted by Crippen LogP contribution is 2.35. The minimum atomic E-state index is 0.00642. The van der Waals surface area contributed by atoms with Crippen molar-refractivity contribution in [2.75, 3.05) is 57.3 Å². The molecule has 0 aliphatic carbocycles. The van der Waals surface area contributed by atoms with Crippen LogP contribution in [-0.4, -0.2) is 83.9 Å². The minimum absolute atomic E-state index is 0.00642. The summed E-state index contributed by atoms with van der Waals surface area (Å²) >= 11 is 1.72. The number of carbonyl (C=O) groups is 2. The summed E-state index contributed by atoms with van der Waals surface area (Å²) in [6.07, 6.45) is 5.02. The van der Waals surface area contributed by atoms with Gasteiger partial charge in [-0.3, -0.25) is 14.5 Å². The largest absolute Gasteiger partial charge is 0.356 e. The van der Waals surface area contributed by atoms with Crippen molar-refractivity contribution in [1.29, 1.82) is 0 Å². The van der Waals surface area contributed by atoms with E-state index in [9.17, 15) is 9.59 Å². The SMILES string of the molecule is C=CCNC(=O)CN1CCN(C(=O)C2CCN(c3ncnc4sc(C)c(C)c34)CC2)CC1. The van der Waals surface area contributed by atoms with Crippen molar-refractivity contribution in [2.45, 2.75) is 26.7 Å². The molecule has 0 unspecified atom stereocenters. The summed E-state index contributed by atoms with van der Waals surface area (Å²) in [6, 6.07) is 0. The van der Waals surface area contributed by atoms with Crippen LogP contribution in [0.15, 0.2) is 19.0 Å². The lowest BCUT2D eigenvalue weighted by molar-refractivity contribution is -0.138. The Morgan fingerprint density at radius 2 is 1.88 bits per heavy atom. The zero-order valence-electron chi connectivity index (χ0n) is 19.0. The predicted octanol–water partition coefficient (Wildman–Crippen LogP) is 1.97. The van der Waals surface area contributed by atoms with Crippen LogP contribution in [0.3, 0.4) is 0 Å². The molecule has 2 amide bonds. The quantitative estimate of drug-likeness (QED) is 0.670. The van der Waals surface area contributed by atoms with E-state index in [0.29, 0.717) is 26.2 Å². The van der Waals surface area contributed by atoms with E-state index in [4.69, 9.17) is 0 Å². The summed E-state index contributed by atoms with van der Waals surface area (Å²) in [5.74, 6) is 1.34. The lowest BCUT2D eigenvalue weighted by Gasteiger charge is -2.38. The van der Waals surface area contributed by atoms with Gasteiger partial charge in [-0.05, 0) is 32.3 Å². The Morgan fingerprint density at radius 1 is 1.16 bits per heavy atom. The van der Waals surface area contributed by atoms with Crippen molar-refractivity contribution in [3.05, 3.63) is 29.4 Å². The van der Waals surface area contributed by atoms with E-state index in [2.05, 4.69) is 45.5 Å². The van der Waals surface area contributed by atoms with E-state index < -0.39 is 0 Å². The normalized spacial score (nSPS) is 18.2. The number of fused-ring (bicyclic) bond motifs is 1. The number of amides is 2. The van der Waals surface area contributed by atoms with E-state index in [1.807, 2.05) is 4.90 Å². The second-order valence-corrected chi connectivity index (χ2v) is 9.82. The number of nitrogens with one attached hydrogen (secondary N) is 1. The molecule has 172 valence electrons. The lowest BCUT2D eigenvalue weighted by Crippen LogP contribution is -2.53. The standard InChI is InChI=1S/C23H32N6O2S/c1-4-7-24-19(30)14-27-10-12-29(13-11-27)23(31)18-5-8-28(9-6-18)21-20-16(2)17(3)32-22(20)26-15-25-21/h4,15,18H,1,5-14H2,2-3H3,(H,24,30). The molecule has 9 heteroatoms. The number of carbonyl (C=O) groups excluding carboxylic acids is 2. The van der Waals surface area contributed by atoms with Gasteiger partial charge in [0.25, 0.3) is 0 Å². The molecule has 4 heterocycles. The van der Waals surface area contributed by atoms with Crippen LogP contribution >= 0.6 is 11.3 Å². The fraction of sp³-hybridized carbons (Fsp3) is 0.565. The van der Waals surface area contributed by atoms with Crippen LogP contribution in [0, 0.1) is 19.8 Å².